The Morgan fingerprint density at radius 3 is 2.77 bits per heavy atom. The lowest BCUT2D eigenvalue weighted by molar-refractivity contribution is 0.0956. The maximum Gasteiger partial charge on any atom is 0.251 e. The third-order valence-electron chi connectivity index (χ3n) is 2.95. The average molecular weight is 320 g/mol. The first kappa shape index (κ1) is 16.3. The molecule has 2 rings (SSSR count). The fraction of sp³-hybridized carbons (Fsp3) is 0.333. The third-order valence-corrected chi connectivity index (χ3v) is 4.13. The first-order valence-corrected chi connectivity index (χ1v) is 7.81. The van der Waals surface area contributed by atoms with Gasteiger partial charge in [-0.2, -0.15) is 0 Å². The molecule has 0 saturated carbocycles. The largest absolute Gasteiger partial charge is 0.490 e. The smallest absolute Gasteiger partial charge is 0.251 e. The molecule has 22 heavy (non-hydrogen) atoms. The van der Waals surface area contributed by atoms with E-state index in [0.29, 0.717) is 29.3 Å². The fourth-order valence-corrected chi connectivity index (χ4v) is 3.06. The maximum atomic E-state index is 12.2. The van der Waals surface area contributed by atoms with Gasteiger partial charge in [0.25, 0.3) is 5.91 Å². The summed E-state index contributed by atoms with van der Waals surface area (Å²) >= 11 is 1.35. The molecule has 0 fully saturated rings. The summed E-state index contributed by atoms with van der Waals surface area (Å²) in [6.07, 6.45) is 0.0167. The van der Waals surface area contributed by atoms with Gasteiger partial charge in [0.05, 0.1) is 15.7 Å². The van der Waals surface area contributed by atoms with Crippen molar-refractivity contribution < 1.29 is 9.53 Å². The highest BCUT2D eigenvalue weighted by atomic mass is 32.1. The number of hydrogen-bond donors (Lipinski definition) is 4. The number of rotatable bonds is 6. The predicted octanol–water partition coefficient (Wildman–Crippen LogP) is 1.66. The van der Waals surface area contributed by atoms with Crippen LogP contribution in [0.25, 0.3) is 10.1 Å². The van der Waals surface area contributed by atoms with E-state index in [1.54, 1.807) is 18.2 Å². The minimum Gasteiger partial charge on any atom is -0.490 e. The lowest BCUT2D eigenvalue weighted by atomic mass is 10.1. The highest BCUT2D eigenvalue weighted by Gasteiger charge is 2.17. The van der Waals surface area contributed by atoms with Gasteiger partial charge in [0.1, 0.15) is 11.6 Å². The zero-order valence-corrected chi connectivity index (χ0v) is 13.4. The number of carbonyl (C=O) groups excluding carboxylic acids is 1. The van der Waals surface area contributed by atoms with Crippen LogP contribution in [-0.2, 0) is 0 Å². The zero-order valence-electron chi connectivity index (χ0n) is 12.6. The van der Waals surface area contributed by atoms with E-state index in [1.165, 1.54) is 11.3 Å². The van der Waals surface area contributed by atoms with E-state index in [4.69, 9.17) is 21.6 Å². The van der Waals surface area contributed by atoms with Crippen molar-refractivity contribution in [3.8, 4) is 5.75 Å². The number of amides is 1. The van der Waals surface area contributed by atoms with Gasteiger partial charge in [-0.15, -0.1) is 11.3 Å². The number of carbonyl (C=O) groups is 1. The topological polar surface area (TPSA) is 114 Å². The first-order chi connectivity index (χ1) is 10.4. The Balaban J connectivity index is 2.54. The summed E-state index contributed by atoms with van der Waals surface area (Å²) in [5, 5.41) is 11.1. The molecule has 0 spiro atoms. The molecule has 0 saturated heterocycles. The molecule has 0 aliphatic carbocycles. The van der Waals surface area contributed by atoms with Crippen molar-refractivity contribution in [2.45, 2.75) is 20.0 Å². The lowest BCUT2D eigenvalue weighted by Crippen LogP contribution is -2.29. The number of nitrogen functional groups attached to an aromatic ring is 1. The first-order valence-electron chi connectivity index (χ1n) is 7.00. The quantitative estimate of drug-likeness (QED) is 0.478. The number of thiophene rings is 1. The minimum absolute atomic E-state index is 0.0167. The van der Waals surface area contributed by atoms with Gasteiger partial charge in [0, 0.05) is 24.0 Å². The second kappa shape index (κ2) is 6.76. The number of nitrogens with one attached hydrogen (secondary N) is 2. The number of nitrogens with two attached hydrogens (primary N) is 2. The molecule has 0 bridgehead atoms. The predicted molar refractivity (Wildman–Crippen MR) is 90.0 cm³/mol. The van der Waals surface area contributed by atoms with Crippen molar-refractivity contribution >= 4 is 33.2 Å². The number of ether oxygens (including phenoxy) is 1. The highest BCUT2D eigenvalue weighted by molar-refractivity contribution is 7.21. The summed E-state index contributed by atoms with van der Waals surface area (Å²) in [5.74, 6) is 0.474. The molecule has 1 aromatic carbocycles. The summed E-state index contributed by atoms with van der Waals surface area (Å²) in [6, 6.07) is 5.26. The van der Waals surface area contributed by atoms with Gasteiger partial charge in [-0.3, -0.25) is 10.2 Å². The van der Waals surface area contributed by atoms with Crippen LogP contribution in [0.4, 0.5) is 0 Å². The van der Waals surface area contributed by atoms with Crippen molar-refractivity contribution in [1.29, 1.82) is 5.41 Å². The molecule has 6 N–H and O–H groups in total. The SMILES string of the molecule is CC(C)Oc1ccc(C(=O)NCCN)c2cc(C(=N)N)sc12. The van der Waals surface area contributed by atoms with E-state index < -0.39 is 0 Å². The molecular formula is C15H20N4O2S. The van der Waals surface area contributed by atoms with E-state index in [-0.39, 0.29) is 17.8 Å². The molecule has 118 valence electrons. The zero-order chi connectivity index (χ0) is 16.3. The summed E-state index contributed by atoms with van der Waals surface area (Å²) in [4.78, 5) is 12.9. The minimum atomic E-state index is -0.195. The second-order valence-electron chi connectivity index (χ2n) is 5.09. The van der Waals surface area contributed by atoms with Crippen LogP contribution in [0.1, 0.15) is 29.1 Å². The van der Waals surface area contributed by atoms with Gasteiger partial charge in [0.2, 0.25) is 0 Å². The van der Waals surface area contributed by atoms with Crippen LogP contribution >= 0.6 is 11.3 Å². The van der Waals surface area contributed by atoms with Gasteiger partial charge < -0.3 is 21.5 Å². The molecule has 0 aliphatic heterocycles. The molecule has 1 heterocycles. The maximum absolute atomic E-state index is 12.2. The summed E-state index contributed by atoms with van der Waals surface area (Å²) in [7, 11) is 0. The van der Waals surface area contributed by atoms with Gasteiger partial charge in [0.15, 0.2) is 0 Å². The molecule has 0 aliphatic rings. The Labute approximate surface area is 132 Å². The number of benzene rings is 1. The molecule has 0 atom stereocenters. The van der Waals surface area contributed by atoms with Gasteiger partial charge in [-0.1, -0.05) is 0 Å². The second-order valence-corrected chi connectivity index (χ2v) is 6.14. The standard InChI is InChI=1S/C15H20N4O2S/c1-8(2)21-11-4-3-9(15(20)19-6-5-16)10-7-12(14(17)18)22-13(10)11/h3-4,7-8H,5-6,16H2,1-2H3,(H3,17,18)(H,19,20). The molecule has 1 aromatic heterocycles. The molecule has 2 aromatic rings. The van der Waals surface area contributed by atoms with Gasteiger partial charge >= 0.3 is 0 Å². The molecule has 0 unspecified atom stereocenters. The molecule has 0 radical (unpaired) electrons. The van der Waals surface area contributed by atoms with Crippen LogP contribution in [0, 0.1) is 5.41 Å². The Morgan fingerprint density at radius 2 is 2.18 bits per heavy atom. The summed E-state index contributed by atoms with van der Waals surface area (Å²) in [6.45, 7) is 4.67. The highest BCUT2D eigenvalue weighted by Crippen LogP contribution is 2.36. The molecule has 6 nitrogen and oxygen atoms in total. The number of fused-ring (bicyclic) bond motifs is 1. The monoisotopic (exact) mass is 320 g/mol. The molecule has 7 heteroatoms. The van der Waals surface area contributed by atoms with Crippen LogP contribution in [0.2, 0.25) is 0 Å². The Morgan fingerprint density at radius 1 is 1.45 bits per heavy atom. The lowest BCUT2D eigenvalue weighted by Gasteiger charge is -2.12. The van der Waals surface area contributed by atoms with Crippen LogP contribution in [-0.4, -0.2) is 30.9 Å². The molecular weight excluding hydrogens is 300 g/mol. The summed E-state index contributed by atoms with van der Waals surface area (Å²) < 4.78 is 6.60. The van der Waals surface area contributed by atoms with Gasteiger partial charge in [-0.05, 0) is 32.0 Å². The van der Waals surface area contributed by atoms with Crippen molar-refractivity contribution in [3.63, 3.8) is 0 Å². The van der Waals surface area contributed by atoms with E-state index in [9.17, 15) is 4.79 Å². The Hall–Kier alpha value is -2.12. The van der Waals surface area contributed by atoms with Crippen LogP contribution in [0.3, 0.4) is 0 Å². The Bertz CT molecular complexity index is 709. The molecule has 1 amide bonds. The van der Waals surface area contributed by atoms with Crippen molar-refractivity contribution in [3.05, 3.63) is 28.6 Å². The van der Waals surface area contributed by atoms with Crippen molar-refractivity contribution in [2.75, 3.05) is 13.1 Å². The third kappa shape index (κ3) is 3.37. The summed E-state index contributed by atoms with van der Waals surface area (Å²) in [5.41, 5.74) is 11.5. The van der Waals surface area contributed by atoms with Crippen molar-refractivity contribution in [2.24, 2.45) is 11.5 Å². The van der Waals surface area contributed by atoms with Crippen molar-refractivity contribution in [1.82, 2.24) is 5.32 Å². The van der Waals surface area contributed by atoms with Crippen LogP contribution in [0.5, 0.6) is 5.75 Å². The van der Waals surface area contributed by atoms with E-state index in [2.05, 4.69) is 5.32 Å². The number of amidine groups is 1. The van der Waals surface area contributed by atoms with E-state index in [1.807, 2.05) is 13.8 Å². The Kier molecular flexibility index (Phi) is 4.99. The average Bonchev–Trinajstić information content (AvgIpc) is 2.90. The fourth-order valence-electron chi connectivity index (χ4n) is 2.06. The van der Waals surface area contributed by atoms with E-state index in [0.717, 1.165) is 10.1 Å². The normalized spacial score (nSPS) is 10.9. The van der Waals surface area contributed by atoms with Crippen LogP contribution < -0.4 is 21.5 Å². The van der Waals surface area contributed by atoms with Gasteiger partial charge in [-0.25, -0.2) is 0 Å². The number of hydrogen-bond acceptors (Lipinski definition) is 5. The van der Waals surface area contributed by atoms with Crippen LogP contribution in [0.15, 0.2) is 18.2 Å². The van der Waals surface area contributed by atoms with E-state index >= 15 is 0 Å².